The molecule has 3 heteroatoms. The van der Waals surface area contributed by atoms with Gasteiger partial charge in [-0.2, -0.15) is 10.2 Å². The summed E-state index contributed by atoms with van der Waals surface area (Å²) in [7, 11) is 0. The second kappa shape index (κ2) is 8.37. The smallest absolute Gasteiger partial charge is 0.0596 e. The van der Waals surface area contributed by atoms with Gasteiger partial charge in [-0.3, -0.25) is 0 Å². The number of hydrogen-bond donors (Lipinski definition) is 0. The van der Waals surface area contributed by atoms with E-state index in [-0.39, 0.29) is 5.41 Å². The molecular formula is C39H27N3. The first-order valence-corrected chi connectivity index (χ1v) is 14.5. The molecule has 2 aromatic heterocycles. The highest BCUT2D eigenvalue weighted by atomic mass is 15.1. The van der Waals surface area contributed by atoms with Crippen molar-refractivity contribution >= 4 is 43.4 Å². The summed E-state index contributed by atoms with van der Waals surface area (Å²) in [5, 5.41) is 15.9. The van der Waals surface area contributed by atoms with Gasteiger partial charge in [0.15, 0.2) is 0 Å². The molecule has 0 atom stereocenters. The molecule has 0 N–H and O–H groups in total. The fourth-order valence-corrected chi connectivity index (χ4v) is 7.32. The van der Waals surface area contributed by atoms with Gasteiger partial charge in [0.25, 0.3) is 0 Å². The zero-order valence-electron chi connectivity index (χ0n) is 23.5. The fourth-order valence-electron chi connectivity index (χ4n) is 7.32. The predicted octanol–water partition coefficient (Wildman–Crippen LogP) is 9.85. The van der Waals surface area contributed by atoms with Gasteiger partial charge in [-0.1, -0.05) is 98.8 Å². The number of hydrogen-bond acceptors (Lipinski definition) is 2. The van der Waals surface area contributed by atoms with Crippen molar-refractivity contribution in [3.63, 3.8) is 0 Å². The van der Waals surface area contributed by atoms with Gasteiger partial charge in [0.1, 0.15) is 0 Å². The highest BCUT2D eigenvalue weighted by molar-refractivity contribution is 6.15. The highest BCUT2D eigenvalue weighted by Crippen LogP contribution is 2.50. The van der Waals surface area contributed by atoms with E-state index in [1.807, 2.05) is 12.4 Å². The van der Waals surface area contributed by atoms with Gasteiger partial charge in [-0.05, 0) is 74.5 Å². The number of benzene rings is 6. The van der Waals surface area contributed by atoms with E-state index in [4.69, 9.17) is 0 Å². The van der Waals surface area contributed by atoms with Crippen LogP contribution in [0.1, 0.15) is 25.0 Å². The molecule has 0 spiro atoms. The normalized spacial score (nSPS) is 13.7. The number of aromatic nitrogens is 3. The molecule has 9 rings (SSSR count). The quantitative estimate of drug-likeness (QED) is 0.220. The SMILES string of the molecule is CC1(C)c2ccccc2-c2ccc(-c3ccc(-n4c5ccccc5c5cc6ccccc6cc54)c4cnncc34)cc21. The van der Waals surface area contributed by atoms with Gasteiger partial charge in [-0.25, -0.2) is 0 Å². The van der Waals surface area contributed by atoms with Gasteiger partial charge in [0.2, 0.25) is 0 Å². The summed E-state index contributed by atoms with van der Waals surface area (Å²) in [6.07, 6.45) is 3.84. The van der Waals surface area contributed by atoms with Crippen molar-refractivity contribution in [1.29, 1.82) is 0 Å². The Bertz CT molecular complexity index is 2390. The van der Waals surface area contributed by atoms with E-state index in [1.54, 1.807) is 0 Å². The fraction of sp³-hybridized carbons (Fsp3) is 0.0769. The summed E-state index contributed by atoms with van der Waals surface area (Å²) in [4.78, 5) is 0. The van der Waals surface area contributed by atoms with Crippen LogP contribution in [0.3, 0.4) is 0 Å². The largest absolute Gasteiger partial charge is 0.309 e. The van der Waals surface area contributed by atoms with Gasteiger partial charge < -0.3 is 4.57 Å². The van der Waals surface area contributed by atoms with Crippen molar-refractivity contribution in [2.75, 3.05) is 0 Å². The third-order valence-corrected chi connectivity index (χ3v) is 9.38. The summed E-state index contributed by atoms with van der Waals surface area (Å²) < 4.78 is 2.40. The molecule has 6 aromatic carbocycles. The molecule has 0 radical (unpaired) electrons. The maximum absolute atomic E-state index is 4.37. The molecular weight excluding hydrogens is 510 g/mol. The van der Waals surface area contributed by atoms with Crippen LogP contribution < -0.4 is 0 Å². The van der Waals surface area contributed by atoms with Gasteiger partial charge in [0.05, 0.1) is 29.1 Å². The number of para-hydroxylation sites is 1. The van der Waals surface area contributed by atoms with Crippen molar-refractivity contribution in [3.05, 3.63) is 139 Å². The number of rotatable bonds is 2. The summed E-state index contributed by atoms with van der Waals surface area (Å²) in [5.41, 5.74) is 11.2. The second-order valence-electron chi connectivity index (χ2n) is 11.9. The monoisotopic (exact) mass is 537 g/mol. The summed E-state index contributed by atoms with van der Waals surface area (Å²) in [6.45, 7) is 4.67. The zero-order chi connectivity index (χ0) is 28.0. The first-order valence-electron chi connectivity index (χ1n) is 14.5. The molecule has 8 aromatic rings. The van der Waals surface area contributed by atoms with Crippen LogP contribution in [0.2, 0.25) is 0 Å². The predicted molar refractivity (Wildman–Crippen MR) is 174 cm³/mol. The van der Waals surface area contributed by atoms with E-state index in [0.29, 0.717) is 0 Å². The molecule has 0 fully saturated rings. The summed E-state index contributed by atoms with van der Waals surface area (Å²) in [5.74, 6) is 0. The Balaban J connectivity index is 1.30. The molecule has 1 aliphatic rings. The molecule has 0 saturated carbocycles. The van der Waals surface area contributed by atoms with E-state index in [1.165, 1.54) is 66.0 Å². The van der Waals surface area contributed by atoms with Gasteiger partial charge in [-0.15, -0.1) is 0 Å². The van der Waals surface area contributed by atoms with E-state index in [0.717, 1.165) is 16.5 Å². The van der Waals surface area contributed by atoms with Crippen LogP contribution in [0.25, 0.3) is 71.3 Å². The van der Waals surface area contributed by atoms with Crippen molar-refractivity contribution < 1.29 is 0 Å². The van der Waals surface area contributed by atoms with Crippen LogP contribution in [0, 0.1) is 0 Å². The topological polar surface area (TPSA) is 30.7 Å². The van der Waals surface area contributed by atoms with Crippen LogP contribution >= 0.6 is 0 Å². The molecule has 42 heavy (non-hydrogen) atoms. The molecule has 0 aliphatic heterocycles. The highest BCUT2D eigenvalue weighted by Gasteiger charge is 2.35. The molecule has 0 bridgehead atoms. The molecule has 0 unspecified atom stereocenters. The third kappa shape index (κ3) is 3.11. The average molecular weight is 538 g/mol. The standard InChI is InChI=1S/C39H27N3/c1-39(2)34-13-7-5-11-28(34)29-16-15-26(20-35(29)39)27-17-18-37(33-23-41-40-22-32(27)33)42-36-14-8-6-12-30(36)31-19-24-9-3-4-10-25(24)21-38(31)42/h3-23H,1-2H3. The lowest BCUT2D eigenvalue weighted by molar-refractivity contribution is 0.660. The van der Waals surface area contributed by atoms with Crippen LogP contribution in [-0.2, 0) is 5.41 Å². The summed E-state index contributed by atoms with van der Waals surface area (Å²) >= 11 is 0. The minimum Gasteiger partial charge on any atom is -0.309 e. The van der Waals surface area contributed by atoms with Crippen molar-refractivity contribution in [2.24, 2.45) is 0 Å². The molecule has 0 saturated heterocycles. The maximum Gasteiger partial charge on any atom is 0.0596 e. The Labute approximate surface area is 243 Å². The van der Waals surface area contributed by atoms with Crippen molar-refractivity contribution in [3.8, 4) is 27.9 Å². The van der Waals surface area contributed by atoms with Gasteiger partial charge in [0, 0.05) is 27.0 Å². The molecule has 2 heterocycles. The first kappa shape index (κ1) is 23.4. The molecule has 198 valence electrons. The Kier molecular flexibility index (Phi) is 4.67. The lowest BCUT2D eigenvalue weighted by Gasteiger charge is -2.22. The lowest BCUT2D eigenvalue weighted by atomic mass is 9.81. The number of nitrogens with zero attached hydrogens (tertiary/aromatic N) is 3. The molecule has 0 amide bonds. The maximum atomic E-state index is 4.37. The lowest BCUT2D eigenvalue weighted by Crippen LogP contribution is -2.14. The van der Waals surface area contributed by atoms with Crippen LogP contribution in [0.15, 0.2) is 128 Å². The van der Waals surface area contributed by atoms with E-state index in [9.17, 15) is 0 Å². The minimum absolute atomic E-state index is 0.0523. The van der Waals surface area contributed by atoms with Crippen LogP contribution in [0.4, 0.5) is 0 Å². The first-order chi connectivity index (χ1) is 20.6. The Morgan fingerprint density at radius 3 is 2.07 bits per heavy atom. The average Bonchev–Trinajstić information content (AvgIpc) is 3.47. The molecule has 1 aliphatic carbocycles. The van der Waals surface area contributed by atoms with Gasteiger partial charge >= 0.3 is 0 Å². The van der Waals surface area contributed by atoms with Crippen LogP contribution in [0.5, 0.6) is 0 Å². The molecule has 3 nitrogen and oxygen atoms in total. The second-order valence-corrected chi connectivity index (χ2v) is 11.9. The Hall–Kier alpha value is -5.28. The summed E-state index contributed by atoms with van der Waals surface area (Å²) in [6, 6.07) is 42.2. The van der Waals surface area contributed by atoms with Crippen molar-refractivity contribution in [2.45, 2.75) is 19.3 Å². The van der Waals surface area contributed by atoms with Crippen molar-refractivity contribution in [1.82, 2.24) is 14.8 Å². The Morgan fingerprint density at radius 1 is 0.500 bits per heavy atom. The Morgan fingerprint density at radius 2 is 1.19 bits per heavy atom. The van der Waals surface area contributed by atoms with E-state index in [2.05, 4.69) is 144 Å². The van der Waals surface area contributed by atoms with E-state index < -0.39 is 0 Å². The number of fused-ring (bicyclic) bond motifs is 8. The van der Waals surface area contributed by atoms with E-state index >= 15 is 0 Å². The minimum atomic E-state index is -0.0523. The zero-order valence-corrected chi connectivity index (χ0v) is 23.5. The van der Waals surface area contributed by atoms with Crippen LogP contribution in [-0.4, -0.2) is 14.8 Å². The third-order valence-electron chi connectivity index (χ3n) is 9.38.